The molecule has 1 aliphatic heterocycles. The van der Waals surface area contributed by atoms with Crippen LogP contribution in [0.25, 0.3) is 5.52 Å². The van der Waals surface area contributed by atoms with Crippen LogP contribution in [0.15, 0.2) is 65.3 Å². The number of carbonyl (C=O) groups excluding carboxylic acids is 1. The molecule has 9 heteroatoms. The molecule has 158 valence electrons. The van der Waals surface area contributed by atoms with Gasteiger partial charge in [-0.25, -0.2) is 13.4 Å². The summed E-state index contributed by atoms with van der Waals surface area (Å²) in [7, 11) is -3.60. The SMILES string of the molecule is CS(=O)(=O)c1nc(C(=O)Nc2ccccc2N2CCc3sccc3C2)c2ccccn12. The Morgan fingerprint density at radius 2 is 1.94 bits per heavy atom. The summed E-state index contributed by atoms with van der Waals surface area (Å²) in [6.07, 6.45) is 3.65. The highest BCUT2D eigenvalue weighted by molar-refractivity contribution is 7.90. The van der Waals surface area contributed by atoms with Gasteiger partial charge in [-0.15, -0.1) is 11.3 Å². The summed E-state index contributed by atoms with van der Waals surface area (Å²) in [6.45, 7) is 1.66. The molecule has 1 N–H and O–H groups in total. The fourth-order valence-electron chi connectivity index (χ4n) is 3.93. The number of benzene rings is 1. The molecule has 0 spiro atoms. The molecular weight excluding hydrogens is 432 g/mol. The van der Waals surface area contributed by atoms with Crippen LogP contribution < -0.4 is 10.2 Å². The summed E-state index contributed by atoms with van der Waals surface area (Å²) >= 11 is 1.78. The van der Waals surface area contributed by atoms with Crippen molar-refractivity contribution < 1.29 is 13.2 Å². The maximum absolute atomic E-state index is 13.2. The van der Waals surface area contributed by atoms with E-state index in [0.29, 0.717) is 11.2 Å². The van der Waals surface area contributed by atoms with Gasteiger partial charge in [0.1, 0.15) is 0 Å². The number of carbonyl (C=O) groups is 1. The number of aromatic nitrogens is 2. The van der Waals surface area contributed by atoms with Crippen LogP contribution in [0.3, 0.4) is 0 Å². The fourth-order valence-corrected chi connectivity index (χ4v) is 5.59. The highest BCUT2D eigenvalue weighted by atomic mass is 32.2. The Hall–Kier alpha value is -3.17. The van der Waals surface area contributed by atoms with Gasteiger partial charge in [-0.2, -0.15) is 0 Å². The van der Waals surface area contributed by atoms with Crippen molar-refractivity contribution in [2.24, 2.45) is 0 Å². The van der Waals surface area contributed by atoms with Crippen LogP contribution in [0.4, 0.5) is 11.4 Å². The maximum atomic E-state index is 13.2. The molecule has 4 aromatic rings. The van der Waals surface area contributed by atoms with Gasteiger partial charge in [0, 0.05) is 30.4 Å². The predicted molar refractivity (Wildman–Crippen MR) is 122 cm³/mol. The van der Waals surface area contributed by atoms with E-state index in [4.69, 9.17) is 0 Å². The minimum Gasteiger partial charge on any atom is -0.365 e. The molecule has 1 aliphatic rings. The maximum Gasteiger partial charge on any atom is 0.276 e. The van der Waals surface area contributed by atoms with Gasteiger partial charge >= 0.3 is 0 Å². The molecule has 1 amide bonds. The van der Waals surface area contributed by atoms with Crippen molar-refractivity contribution in [3.05, 3.63) is 76.2 Å². The number of para-hydroxylation sites is 2. The number of hydrogen-bond donors (Lipinski definition) is 1. The summed E-state index contributed by atoms with van der Waals surface area (Å²) in [5, 5.41) is 4.92. The first-order chi connectivity index (χ1) is 14.9. The van der Waals surface area contributed by atoms with Crippen molar-refractivity contribution in [2.45, 2.75) is 18.1 Å². The Labute approximate surface area is 183 Å². The van der Waals surface area contributed by atoms with Crippen LogP contribution in [-0.4, -0.2) is 36.5 Å². The first-order valence-electron chi connectivity index (χ1n) is 9.79. The normalized spacial score (nSPS) is 13.9. The zero-order chi connectivity index (χ0) is 21.6. The average molecular weight is 453 g/mol. The highest BCUT2D eigenvalue weighted by Gasteiger charge is 2.24. The number of pyridine rings is 1. The first kappa shape index (κ1) is 19.8. The van der Waals surface area contributed by atoms with E-state index in [-0.39, 0.29) is 10.9 Å². The van der Waals surface area contributed by atoms with Crippen molar-refractivity contribution >= 4 is 44.0 Å². The molecule has 0 saturated carbocycles. The van der Waals surface area contributed by atoms with Crippen LogP contribution in [0.2, 0.25) is 0 Å². The molecule has 7 nitrogen and oxygen atoms in total. The number of rotatable bonds is 4. The summed E-state index contributed by atoms with van der Waals surface area (Å²) in [5.74, 6) is -0.445. The molecule has 0 radical (unpaired) electrons. The smallest absolute Gasteiger partial charge is 0.276 e. The monoisotopic (exact) mass is 452 g/mol. The van der Waals surface area contributed by atoms with Crippen molar-refractivity contribution in [3.63, 3.8) is 0 Å². The van der Waals surface area contributed by atoms with Crippen molar-refractivity contribution in [3.8, 4) is 0 Å². The van der Waals surface area contributed by atoms with Crippen LogP contribution in [0, 0.1) is 0 Å². The van der Waals surface area contributed by atoms with Gasteiger partial charge in [0.2, 0.25) is 15.0 Å². The summed E-state index contributed by atoms with van der Waals surface area (Å²) < 4.78 is 25.7. The van der Waals surface area contributed by atoms with E-state index < -0.39 is 15.7 Å². The Morgan fingerprint density at radius 1 is 1.13 bits per heavy atom. The second-order valence-electron chi connectivity index (χ2n) is 7.48. The molecule has 1 aromatic carbocycles. The van der Waals surface area contributed by atoms with Crippen molar-refractivity contribution in [1.82, 2.24) is 9.38 Å². The molecular formula is C22H20N4O3S2. The standard InChI is InChI=1S/C22H20N4O3S2/c1-31(28,29)22-24-20(18-8-4-5-11-26(18)22)21(27)23-16-6-2-3-7-17(16)25-12-9-19-15(14-25)10-13-30-19/h2-8,10-11,13H,9,12,14H2,1H3,(H,23,27). The summed E-state index contributed by atoms with van der Waals surface area (Å²) in [6, 6.07) is 14.9. The van der Waals surface area contributed by atoms with Gasteiger partial charge < -0.3 is 10.2 Å². The lowest BCUT2D eigenvalue weighted by atomic mass is 10.1. The second kappa shape index (κ2) is 7.51. The Morgan fingerprint density at radius 3 is 2.77 bits per heavy atom. The number of sulfone groups is 1. The van der Waals surface area contributed by atoms with Crippen LogP contribution in [0.5, 0.6) is 0 Å². The third kappa shape index (κ3) is 3.60. The van der Waals surface area contributed by atoms with Gasteiger partial charge in [-0.3, -0.25) is 9.20 Å². The summed E-state index contributed by atoms with van der Waals surface area (Å²) in [4.78, 5) is 21.0. The second-order valence-corrected chi connectivity index (χ2v) is 10.4. The fraction of sp³-hybridized carbons (Fsp3) is 0.182. The Kier molecular flexibility index (Phi) is 4.79. The lowest BCUT2D eigenvalue weighted by Gasteiger charge is -2.30. The lowest BCUT2D eigenvalue weighted by molar-refractivity contribution is 0.102. The molecule has 0 bridgehead atoms. The molecule has 0 aliphatic carbocycles. The number of nitrogens with one attached hydrogen (secondary N) is 1. The van der Waals surface area contributed by atoms with Crippen LogP contribution in [-0.2, 0) is 22.8 Å². The third-order valence-electron chi connectivity index (χ3n) is 5.36. The van der Waals surface area contributed by atoms with Gasteiger partial charge in [0.05, 0.1) is 16.9 Å². The zero-order valence-corrected chi connectivity index (χ0v) is 18.4. The number of anilines is 2. The van der Waals surface area contributed by atoms with E-state index in [2.05, 4.69) is 26.6 Å². The van der Waals surface area contributed by atoms with E-state index in [0.717, 1.165) is 31.5 Å². The minimum absolute atomic E-state index is 0.0783. The lowest BCUT2D eigenvalue weighted by Crippen LogP contribution is -2.30. The van der Waals surface area contributed by atoms with E-state index >= 15 is 0 Å². The van der Waals surface area contributed by atoms with E-state index in [1.54, 1.807) is 35.7 Å². The highest BCUT2D eigenvalue weighted by Crippen LogP contribution is 2.32. The first-order valence-corrected chi connectivity index (χ1v) is 12.6. The molecule has 0 atom stereocenters. The van der Waals surface area contributed by atoms with Crippen LogP contribution in [0.1, 0.15) is 20.9 Å². The molecule has 0 saturated heterocycles. The van der Waals surface area contributed by atoms with Crippen LogP contribution >= 0.6 is 11.3 Å². The molecule has 0 fully saturated rings. The number of thiophene rings is 1. The molecule has 3 aromatic heterocycles. The molecule has 0 unspecified atom stereocenters. The van der Waals surface area contributed by atoms with E-state index in [9.17, 15) is 13.2 Å². The molecule has 31 heavy (non-hydrogen) atoms. The van der Waals surface area contributed by atoms with Crippen molar-refractivity contribution in [1.29, 1.82) is 0 Å². The van der Waals surface area contributed by atoms with Gasteiger partial charge in [-0.05, 0) is 47.7 Å². The number of imidazole rings is 1. The number of hydrogen-bond acceptors (Lipinski definition) is 6. The largest absolute Gasteiger partial charge is 0.365 e. The number of amides is 1. The summed E-state index contributed by atoms with van der Waals surface area (Å²) in [5.41, 5.74) is 3.44. The van der Waals surface area contributed by atoms with Gasteiger partial charge in [-0.1, -0.05) is 18.2 Å². The van der Waals surface area contributed by atoms with Gasteiger partial charge in [0.25, 0.3) is 5.91 Å². The zero-order valence-electron chi connectivity index (χ0n) is 16.8. The Bertz CT molecular complexity index is 1410. The van der Waals surface area contributed by atoms with E-state index in [1.807, 2.05) is 24.3 Å². The van der Waals surface area contributed by atoms with Crippen molar-refractivity contribution in [2.75, 3.05) is 23.0 Å². The minimum atomic E-state index is -3.60. The quantitative estimate of drug-likeness (QED) is 0.511. The Balaban J connectivity index is 1.49. The average Bonchev–Trinajstić information content (AvgIpc) is 3.38. The van der Waals surface area contributed by atoms with Gasteiger partial charge in [0.15, 0.2) is 5.69 Å². The molecule has 5 rings (SSSR count). The molecule has 4 heterocycles. The predicted octanol–water partition coefficient (Wildman–Crippen LogP) is 3.61. The third-order valence-corrected chi connectivity index (χ3v) is 7.34. The number of nitrogens with zero attached hydrogens (tertiary/aromatic N) is 3. The number of fused-ring (bicyclic) bond motifs is 2. The van der Waals surface area contributed by atoms with E-state index in [1.165, 1.54) is 14.8 Å². The topological polar surface area (TPSA) is 83.8 Å².